The normalized spacial score (nSPS) is 12.7. The van der Waals surface area contributed by atoms with Crippen molar-refractivity contribution < 1.29 is 0 Å². The number of anilines is 6. The molecule has 5 nitrogen and oxygen atoms in total. The van der Waals surface area contributed by atoms with Crippen LogP contribution in [0.3, 0.4) is 0 Å². The van der Waals surface area contributed by atoms with Gasteiger partial charge in [0.05, 0.1) is 45.2 Å². The maximum Gasteiger partial charge on any atom is 0.146 e. The second kappa shape index (κ2) is 15.3. The molecule has 15 aromatic rings. The molecule has 5 heterocycles. The minimum Gasteiger partial charge on any atom is -0.308 e. The van der Waals surface area contributed by atoms with E-state index in [1.165, 1.54) is 92.3 Å². The Morgan fingerprint density at radius 1 is 0.351 bits per heavy atom. The summed E-state index contributed by atoms with van der Waals surface area (Å²) in [5.41, 5.74) is 15.8. The molecule has 0 saturated carbocycles. The van der Waals surface area contributed by atoms with Gasteiger partial charge in [0.1, 0.15) is 5.65 Å². The van der Waals surface area contributed by atoms with Crippen LogP contribution in [0, 0.1) is 0 Å². The van der Waals surface area contributed by atoms with Gasteiger partial charge < -0.3 is 14.2 Å². The van der Waals surface area contributed by atoms with Crippen molar-refractivity contribution >= 4 is 132 Å². The molecule has 0 amide bonds. The van der Waals surface area contributed by atoms with Gasteiger partial charge in [0, 0.05) is 71.2 Å². The molecule has 0 unspecified atom stereocenters. The van der Waals surface area contributed by atoms with E-state index in [0.29, 0.717) is 0 Å². The van der Waals surface area contributed by atoms with Crippen LogP contribution < -0.4 is 9.80 Å². The summed E-state index contributed by atoms with van der Waals surface area (Å²) in [5.74, 6) is 0. The van der Waals surface area contributed by atoms with Crippen molar-refractivity contribution in [1.82, 2.24) is 13.8 Å². The van der Waals surface area contributed by atoms with Gasteiger partial charge in [-0.3, -0.25) is 4.40 Å². The standard InChI is InChI=1S/C69H53N5/c1-68(2,3)44-37-53-52-35-43-24-20-22-34-51(43)65(72(48-29-15-9-16-30-48)49-31-17-10-18-32-49)66(52)73-58-41-70-67-61(60(58)56(38-44)62(53)73)54-36-42-23-19-21-33-50(42)59-55-39-45(69(4,5)6)40-57(63(55)74(67)64(54)59)71(46-25-11-7-12-26-46)47-27-13-8-14-28-47/h7-41H,1-6H3. The second-order valence-corrected chi connectivity index (χ2v) is 22.4. The molecule has 0 spiro atoms. The van der Waals surface area contributed by atoms with Crippen molar-refractivity contribution in [2.75, 3.05) is 9.80 Å². The van der Waals surface area contributed by atoms with Crippen LogP contribution in [0.15, 0.2) is 212 Å². The molecule has 0 N–H and O–H groups in total. The maximum atomic E-state index is 5.79. The first kappa shape index (κ1) is 42.7. The topological polar surface area (TPSA) is 28.2 Å². The van der Waals surface area contributed by atoms with Crippen LogP contribution in [0.4, 0.5) is 34.1 Å². The highest BCUT2D eigenvalue weighted by Gasteiger charge is 2.33. The van der Waals surface area contributed by atoms with Gasteiger partial charge in [-0.2, -0.15) is 0 Å². The van der Waals surface area contributed by atoms with E-state index in [9.17, 15) is 0 Å². The summed E-state index contributed by atoms with van der Waals surface area (Å²) >= 11 is 0. The number of nitrogens with zero attached hydrogens (tertiary/aromatic N) is 5. The van der Waals surface area contributed by atoms with Crippen molar-refractivity contribution in [2.24, 2.45) is 0 Å². The number of rotatable bonds is 6. The number of para-hydroxylation sites is 4. The first-order valence-corrected chi connectivity index (χ1v) is 26.0. The van der Waals surface area contributed by atoms with Crippen molar-refractivity contribution in [2.45, 2.75) is 52.4 Å². The highest BCUT2D eigenvalue weighted by atomic mass is 15.2. The van der Waals surface area contributed by atoms with Crippen LogP contribution in [0.5, 0.6) is 0 Å². The molecule has 5 aromatic heterocycles. The Balaban J connectivity index is 1.18. The average Bonchev–Trinajstić information content (AvgIpc) is 4.19. The lowest BCUT2D eigenvalue weighted by molar-refractivity contribution is 0.591. The van der Waals surface area contributed by atoms with Crippen LogP contribution >= 0.6 is 0 Å². The molecule has 0 radical (unpaired) electrons. The molecule has 0 saturated heterocycles. The predicted molar refractivity (Wildman–Crippen MR) is 315 cm³/mol. The van der Waals surface area contributed by atoms with E-state index in [0.717, 1.165) is 50.8 Å². The van der Waals surface area contributed by atoms with E-state index in [1.807, 2.05) is 0 Å². The largest absolute Gasteiger partial charge is 0.308 e. The fraction of sp³-hybridized carbons (Fsp3) is 0.116. The molecular weight excluding hydrogens is 899 g/mol. The molecule has 10 aromatic carbocycles. The van der Waals surface area contributed by atoms with Gasteiger partial charge in [-0.15, -0.1) is 0 Å². The summed E-state index contributed by atoms with van der Waals surface area (Å²) in [5, 5.41) is 14.7. The van der Waals surface area contributed by atoms with E-state index in [2.05, 4.69) is 273 Å². The summed E-state index contributed by atoms with van der Waals surface area (Å²) in [4.78, 5) is 10.7. The van der Waals surface area contributed by atoms with E-state index in [1.54, 1.807) is 0 Å². The SMILES string of the molecule is CC(C)(C)c1cc(N(c2ccccc2)c2ccccc2)c2c(c1)c1c3ccccc3cc3c4c5c6cc(C(C)(C)C)cc7c8cc9ccccc9c(N(c9ccccc9)c9ccccc9)c8n(c5cnc4n2c31)c76. The number of pyridine rings is 1. The molecule has 0 atom stereocenters. The first-order valence-electron chi connectivity index (χ1n) is 26.0. The van der Waals surface area contributed by atoms with Gasteiger partial charge in [-0.1, -0.05) is 163 Å². The Kier molecular flexibility index (Phi) is 8.83. The Morgan fingerprint density at radius 2 is 0.797 bits per heavy atom. The summed E-state index contributed by atoms with van der Waals surface area (Å²) in [6, 6.07) is 76.2. The first-order chi connectivity index (χ1) is 36.0. The zero-order chi connectivity index (χ0) is 49.8. The number of hydrogen-bond acceptors (Lipinski definition) is 3. The second-order valence-electron chi connectivity index (χ2n) is 22.4. The van der Waals surface area contributed by atoms with E-state index in [4.69, 9.17) is 4.98 Å². The lowest BCUT2D eigenvalue weighted by Gasteiger charge is -2.29. The number of fused-ring (bicyclic) bond motifs is 16. The Labute approximate surface area is 429 Å². The van der Waals surface area contributed by atoms with Gasteiger partial charge in [-0.05, 0) is 123 Å². The molecule has 74 heavy (non-hydrogen) atoms. The van der Waals surface area contributed by atoms with Crippen molar-refractivity contribution in [1.29, 1.82) is 0 Å². The summed E-state index contributed by atoms with van der Waals surface area (Å²) in [6.45, 7) is 14.1. The van der Waals surface area contributed by atoms with E-state index in [-0.39, 0.29) is 10.8 Å². The van der Waals surface area contributed by atoms with Crippen LogP contribution in [0.25, 0.3) is 97.9 Å². The van der Waals surface area contributed by atoms with Crippen molar-refractivity contribution in [3.05, 3.63) is 224 Å². The van der Waals surface area contributed by atoms with Crippen molar-refractivity contribution in [3.8, 4) is 0 Å². The molecule has 0 aliphatic rings. The predicted octanol–water partition coefficient (Wildman–Crippen LogP) is 19.2. The van der Waals surface area contributed by atoms with Gasteiger partial charge in [0.15, 0.2) is 0 Å². The van der Waals surface area contributed by atoms with Crippen LogP contribution in [0.2, 0.25) is 0 Å². The molecule has 354 valence electrons. The lowest BCUT2D eigenvalue weighted by Crippen LogP contribution is -2.15. The number of hydrogen-bond donors (Lipinski definition) is 0. The fourth-order valence-corrected chi connectivity index (χ4v) is 12.5. The zero-order valence-electron chi connectivity index (χ0n) is 42.4. The summed E-state index contributed by atoms with van der Waals surface area (Å²) < 4.78 is 5.11. The summed E-state index contributed by atoms with van der Waals surface area (Å²) in [7, 11) is 0. The van der Waals surface area contributed by atoms with Crippen LogP contribution in [-0.4, -0.2) is 13.8 Å². The molecule has 15 rings (SSSR count). The van der Waals surface area contributed by atoms with Gasteiger partial charge in [-0.25, -0.2) is 4.98 Å². The molecule has 0 fully saturated rings. The Bertz CT molecular complexity index is 4630. The molecule has 0 aliphatic heterocycles. The average molecular weight is 952 g/mol. The van der Waals surface area contributed by atoms with Gasteiger partial charge in [0.25, 0.3) is 0 Å². The van der Waals surface area contributed by atoms with Crippen LogP contribution in [0.1, 0.15) is 52.7 Å². The minimum atomic E-state index is -0.134. The monoisotopic (exact) mass is 951 g/mol. The third-order valence-electron chi connectivity index (χ3n) is 16.0. The zero-order valence-corrected chi connectivity index (χ0v) is 42.4. The molecule has 5 heteroatoms. The smallest absolute Gasteiger partial charge is 0.146 e. The third-order valence-corrected chi connectivity index (χ3v) is 16.0. The molecule has 0 aliphatic carbocycles. The van der Waals surface area contributed by atoms with Crippen LogP contribution in [-0.2, 0) is 10.8 Å². The quantitative estimate of drug-likeness (QED) is 0.166. The Morgan fingerprint density at radius 3 is 1.38 bits per heavy atom. The molecular formula is C69H53N5. The third kappa shape index (κ3) is 5.95. The van der Waals surface area contributed by atoms with Crippen molar-refractivity contribution in [3.63, 3.8) is 0 Å². The lowest BCUT2D eigenvalue weighted by atomic mass is 9.85. The Hall–Kier alpha value is -8.93. The number of benzene rings is 10. The minimum absolute atomic E-state index is 0.131. The fourth-order valence-electron chi connectivity index (χ4n) is 12.5. The van der Waals surface area contributed by atoms with E-state index < -0.39 is 0 Å². The molecule has 0 bridgehead atoms. The summed E-state index contributed by atoms with van der Waals surface area (Å²) in [6.07, 6.45) is 2.19. The maximum absolute atomic E-state index is 5.79. The highest BCUT2D eigenvalue weighted by molar-refractivity contribution is 6.39. The highest BCUT2D eigenvalue weighted by Crippen LogP contribution is 2.54. The van der Waals surface area contributed by atoms with E-state index >= 15 is 0 Å². The van der Waals surface area contributed by atoms with Gasteiger partial charge in [0.2, 0.25) is 0 Å². The number of aromatic nitrogens is 3. The van der Waals surface area contributed by atoms with Gasteiger partial charge >= 0.3 is 0 Å².